The number of benzene rings is 1. The van der Waals surface area contributed by atoms with Crippen LogP contribution in [0, 0.1) is 6.92 Å². The van der Waals surface area contributed by atoms with Gasteiger partial charge in [0, 0.05) is 16.9 Å². The van der Waals surface area contributed by atoms with Crippen LogP contribution in [0.15, 0.2) is 42.6 Å². The van der Waals surface area contributed by atoms with Gasteiger partial charge in [0.05, 0.1) is 6.04 Å². The highest BCUT2D eigenvalue weighted by Crippen LogP contribution is 2.23. The summed E-state index contributed by atoms with van der Waals surface area (Å²) in [7, 11) is 0. The van der Waals surface area contributed by atoms with Crippen LogP contribution < -0.4 is 16.0 Å². The highest BCUT2D eigenvalue weighted by atomic mass is 35.5. The van der Waals surface area contributed by atoms with Gasteiger partial charge in [0.1, 0.15) is 11.9 Å². The smallest absolute Gasteiger partial charge is 0.121 e. The SMILES string of the molecule is Cc1ccc(C(NN)C(C)Oc2cccc(Cl)c2)cn1. The number of hydrazine groups is 1. The van der Waals surface area contributed by atoms with E-state index in [1.54, 1.807) is 12.3 Å². The number of aryl methyl sites for hydroxylation is 1. The summed E-state index contributed by atoms with van der Waals surface area (Å²) in [4.78, 5) is 4.28. The van der Waals surface area contributed by atoms with E-state index in [0.29, 0.717) is 10.8 Å². The number of hydrogen-bond donors (Lipinski definition) is 2. The summed E-state index contributed by atoms with van der Waals surface area (Å²) in [5.41, 5.74) is 4.72. The van der Waals surface area contributed by atoms with Crippen molar-refractivity contribution in [3.05, 3.63) is 58.9 Å². The zero-order chi connectivity index (χ0) is 14.5. The number of hydrogen-bond acceptors (Lipinski definition) is 4. The van der Waals surface area contributed by atoms with E-state index in [1.165, 1.54) is 0 Å². The molecule has 0 saturated heterocycles. The molecule has 2 unspecified atom stereocenters. The largest absolute Gasteiger partial charge is 0.489 e. The Bertz CT molecular complexity index is 559. The molecule has 0 radical (unpaired) electrons. The number of nitrogens with zero attached hydrogens (tertiary/aromatic N) is 1. The fraction of sp³-hybridized carbons (Fsp3) is 0.267. The van der Waals surface area contributed by atoms with Gasteiger partial charge in [-0.3, -0.25) is 10.8 Å². The monoisotopic (exact) mass is 291 g/mol. The Morgan fingerprint density at radius 1 is 1.30 bits per heavy atom. The summed E-state index contributed by atoms with van der Waals surface area (Å²) in [6.07, 6.45) is 1.64. The molecule has 2 atom stereocenters. The molecule has 4 nitrogen and oxygen atoms in total. The predicted molar refractivity (Wildman–Crippen MR) is 80.6 cm³/mol. The van der Waals surface area contributed by atoms with Gasteiger partial charge in [-0.2, -0.15) is 0 Å². The Morgan fingerprint density at radius 2 is 2.10 bits per heavy atom. The lowest BCUT2D eigenvalue weighted by Gasteiger charge is -2.24. The van der Waals surface area contributed by atoms with Crippen LogP contribution in [0.25, 0.3) is 0 Å². The van der Waals surface area contributed by atoms with Crippen molar-refractivity contribution in [2.75, 3.05) is 0 Å². The Kier molecular flexibility index (Phi) is 4.95. The third kappa shape index (κ3) is 3.70. The summed E-state index contributed by atoms with van der Waals surface area (Å²) in [5.74, 6) is 6.36. The molecule has 3 N–H and O–H groups in total. The van der Waals surface area contributed by atoms with Crippen molar-refractivity contribution in [3.8, 4) is 5.75 Å². The van der Waals surface area contributed by atoms with E-state index in [-0.39, 0.29) is 12.1 Å². The van der Waals surface area contributed by atoms with Crippen molar-refractivity contribution in [2.45, 2.75) is 26.0 Å². The lowest BCUT2D eigenvalue weighted by atomic mass is 10.0. The van der Waals surface area contributed by atoms with E-state index in [2.05, 4.69) is 10.4 Å². The number of rotatable bonds is 5. The first-order valence-corrected chi connectivity index (χ1v) is 6.79. The van der Waals surface area contributed by atoms with Crippen molar-refractivity contribution in [2.24, 2.45) is 5.84 Å². The van der Waals surface area contributed by atoms with Gasteiger partial charge >= 0.3 is 0 Å². The molecule has 0 amide bonds. The van der Waals surface area contributed by atoms with Gasteiger partial charge in [-0.1, -0.05) is 23.7 Å². The van der Waals surface area contributed by atoms with Gasteiger partial charge < -0.3 is 4.74 Å². The quantitative estimate of drug-likeness (QED) is 0.657. The van der Waals surface area contributed by atoms with Crippen molar-refractivity contribution < 1.29 is 4.74 Å². The number of aromatic nitrogens is 1. The number of nitrogens with one attached hydrogen (secondary N) is 1. The molecule has 0 fully saturated rings. The number of ether oxygens (including phenoxy) is 1. The minimum Gasteiger partial charge on any atom is -0.489 e. The molecule has 0 aliphatic heterocycles. The average molecular weight is 292 g/mol. The lowest BCUT2D eigenvalue weighted by Crippen LogP contribution is -2.38. The highest BCUT2D eigenvalue weighted by molar-refractivity contribution is 6.30. The summed E-state index contributed by atoms with van der Waals surface area (Å²) in [5, 5.41) is 0.643. The first kappa shape index (κ1) is 14.8. The fourth-order valence-electron chi connectivity index (χ4n) is 1.99. The van der Waals surface area contributed by atoms with Gasteiger partial charge in [-0.15, -0.1) is 0 Å². The van der Waals surface area contributed by atoms with Crippen molar-refractivity contribution in [1.29, 1.82) is 0 Å². The number of pyridine rings is 1. The van der Waals surface area contributed by atoms with Gasteiger partial charge in [-0.25, -0.2) is 5.43 Å². The Labute approximate surface area is 123 Å². The highest BCUT2D eigenvalue weighted by Gasteiger charge is 2.20. The Hall–Kier alpha value is -1.62. The van der Waals surface area contributed by atoms with Gasteiger partial charge in [0.15, 0.2) is 0 Å². The molecule has 0 spiro atoms. The Balaban J connectivity index is 2.13. The van der Waals surface area contributed by atoms with Crippen molar-refractivity contribution in [3.63, 3.8) is 0 Å². The molecular formula is C15H18ClN3O. The minimum atomic E-state index is -0.164. The van der Waals surface area contributed by atoms with E-state index < -0.39 is 0 Å². The molecule has 1 aromatic heterocycles. The Morgan fingerprint density at radius 3 is 2.70 bits per heavy atom. The van der Waals surface area contributed by atoms with Crippen LogP contribution in [0.5, 0.6) is 5.75 Å². The fourth-order valence-corrected chi connectivity index (χ4v) is 2.17. The molecule has 106 valence electrons. The van der Waals surface area contributed by atoms with Crippen LogP contribution in [-0.4, -0.2) is 11.1 Å². The summed E-state index contributed by atoms with van der Waals surface area (Å²) in [6.45, 7) is 3.89. The van der Waals surface area contributed by atoms with Crippen molar-refractivity contribution in [1.82, 2.24) is 10.4 Å². The first-order valence-electron chi connectivity index (χ1n) is 6.41. The van der Waals surface area contributed by atoms with Crippen LogP contribution >= 0.6 is 11.6 Å². The molecule has 2 aromatic rings. The number of nitrogens with two attached hydrogens (primary N) is 1. The van der Waals surface area contributed by atoms with Gasteiger partial charge in [0.25, 0.3) is 0 Å². The zero-order valence-electron chi connectivity index (χ0n) is 11.5. The first-order chi connectivity index (χ1) is 9.60. The van der Waals surface area contributed by atoms with E-state index in [4.69, 9.17) is 22.2 Å². The van der Waals surface area contributed by atoms with Crippen LogP contribution in [0.4, 0.5) is 0 Å². The van der Waals surface area contributed by atoms with E-state index in [0.717, 1.165) is 11.3 Å². The van der Waals surface area contributed by atoms with E-state index >= 15 is 0 Å². The number of halogens is 1. The van der Waals surface area contributed by atoms with Crippen LogP contribution in [0.2, 0.25) is 5.02 Å². The van der Waals surface area contributed by atoms with Crippen LogP contribution in [0.3, 0.4) is 0 Å². The second-order valence-corrected chi connectivity index (χ2v) is 5.09. The topological polar surface area (TPSA) is 60.2 Å². The molecular weight excluding hydrogens is 274 g/mol. The standard InChI is InChI=1S/C15H18ClN3O/c1-10-6-7-12(9-18-10)15(19-17)11(2)20-14-5-3-4-13(16)8-14/h3-9,11,15,19H,17H2,1-2H3. The van der Waals surface area contributed by atoms with Crippen LogP contribution in [-0.2, 0) is 0 Å². The molecule has 0 aliphatic rings. The molecule has 20 heavy (non-hydrogen) atoms. The molecule has 0 aliphatic carbocycles. The summed E-state index contributed by atoms with van der Waals surface area (Å²) >= 11 is 5.95. The maximum absolute atomic E-state index is 5.95. The average Bonchev–Trinajstić information content (AvgIpc) is 2.42. The second kappa shape index (κ2) is 6.70. The zero-order valence-corrected chi connectivity index (χ0v) is 12.3. The normalized spacial score (nSPS) is 13.8. The van der Waals surface area contributed by atoms with Gasteiger partial charge in [0.2, 0.25) is 0 Å². The molecule has 5 heteroatoms. The van der Waals surface area contributed by atoms with Crippen molar-refractivity contribution >= 4 is 11.6 Å². The minimum absolute atomic E-state index is 0.151. The molecule has 1 heterocycles. The van der Waals surface area contributed by atoms with Crippen LogP contribution in [0.1, 0.15) is 24.2 Å². The predicted octanol–water partition coefficient (Wildman–Crippen LogP) is 3.02. The molecule has 0 bridgehead atoms. The maximum atomic E-state index is 5.95. The molecule has 0 saturated carbocycles. The van der Waals surface area contributed by atoms with Gasteiger partial charge in [-0.05, 0) is 43.7 Å². The third-order valence-corrected chi connectivity index (χ3v) is 3.30. The third-order valence-electron chi connectivity index (χ3n) is 3.06. The summed E-state index contributed by atoms with van der Waals surface area (Å²) < 4.78 is 5.88. The maximum Gasteiger partial charge on any atom is 0.121 e. The lowest BCUT2D eigenvalue weighted by molar-refractivity contribution is 0.171. The van der Waals surface area contributed by atoms with E-state index in [1.807, 2.05) is 44.2 Å². The van der Waals surface area contributed by atoms with E-state index in [9.17, 15) is 0 Å². The molecule has 2 rings (SSSR count). The summed E-state index contributed by atoms with van der Waals surface area (Å²) in [6, 6.07) is 11.1. The molecule has 1 aromatic carbocycles. The second-order valence-electron chi connectivity index (χ2n) is 4.66.